The second-order valence-electron chi connectivity index (χ2n) is 5.06. The highest BCUT2D eigenvalue weighted by Gasteiger charge is 2.42. The number of aliphatic hydroxyl groups excluding tert-OH is 1. The van der Waals surface area contributed by atoms with Gasteiger partial charge in [0.05, 0.1) is 6.10 Å². The molecule has 2 rings (SSSR count). The van der Waals surface area contributed by atoms with Crippen molar-refractivity contribution in [1.82, 2.24) is 0 Å². The van der Waals surface area contributed by atoms with Gasteiger partial charge in [0.1, 0.15) is 4.90 Å². The highest BCUT2D eigenvalue weighted by atomic mass is 32.2. The fourth-order valence-electron chi connectivity index (χ4n) is 2.27. The number of hydrogen-bond donors (Lipinski definition) is 1. The van der Waals surface area contributed by atoms with E-state index in [1.807, 2.05) is 0 Å². The molecule has 0 heterocycles. The van der Waals surface area contributed by atoms with Crippen LogP contribution in [0.15, 0.2) is 47.4 Å². The molecule has 0 aliphatic rings. The summed E-state index contributed by atoms with van der Waals surface area (Å²) in [5.41, 5.74) is 0. The van der Waals surface area contributed by atoms with Crippen molar-refractivity contribution in [3.05, 3.63) is 42.5 Å². The fourth-order valence-corrected chi connectivity index (χ4v) is 5.35. The van der Waals surface area contributed by atoms with E-state index < -0.39 is 29.7 Å². The maximum Gasteiger partial charge on any atom is 0.362 e. The van der Waals surface area contributed by atoms with E-state index in [1.54, 1.807) is 36.4 Å². The van der Waals surface area contributed by atoms with Crippen molar-refractivity contribution in [3.8, 4) is 0 Å². The zero-order chi connectivity index (χ0) is 18.0. The second kappa shape index (κ2) is 7.31. The van der Waals surface area contributed by atoms with E-state index in [0.717, 1.165) is 14.2 Å². The second-order valence-corrected chi connectivity index (χ2v) is 8.92. The first kappa shape index (κ1) is 19.1. The van der Waals surface area contributed by atoms with Crippen molar-refractivity contribution in [2.45, 2.75) is 23.8 Å². The molecule has 0 aliphatic carbocycles. The van der Waals surface area contributed by atoms with Crippen molar-refractivity contribution < 1.29 is 31.3 Å². The van der Waals surface area contributed by atoms with Crippen LogP contribution in [0, 0.1) is 0 Å². The average molecular weight is 374 g/mol. The average Bonchev–Trinajstić information content (AvgIpc) is 2.58. The smallest absolute Gasteiger partial charge is 0.362 e. The Balaban J connectivity index is 2.51. The van der Waals surface area contributed by atoms with Crippen molar-refractivity contribution >= 4 is 28.5 Å². The Labute approximate surface area is 140 Å². The molecule has 0 bridgehead atoms. The standard InChI is InChI=1S/C15H19O7PS/c1-11(16)15(23(17,20-2)21-3)22-24(18,19)14-10-6-8-12-7-4-5-9-13(12)14/h4-11,15-16H,1-3H3/t11-,15-/m0/s1. The van der Waals surface area contributed by atoms with Crippen LogP contribution in [0.5, 0.6) is 0 Å². The quantitative estimate of drug-likeness (QED) is 0.588. The Bertz CT molecular complexity index is 850. The summed E-state index contributed by atoms with van der Waals surface area (Å²) < 4.78 is 52.4. The van der Waals surface area contributed by atoms with Crippen LogP contribution >= 0.6 is 7.60 Å². The number of benzene rings is 2. The highest BCUT2D eigenvalue weighted by molar-refractivity contribution is 7.87. The molecule has 2 aromatic carbocycles. The summed E-state index contributed by atoms with van der Waals surface area (Å²) >= 11 is 0. The molecule has 0 radical (unpaired) electrons. The molecule has 24 heavy (non-hydrogen) atoms. The number of rotatable bonds is 7. The first-order chi connectivity index (χ1) is 11.2. The Morgan fingerprint density at radius 2 is 1.62 bits per heavy atom. The molecule has 0 amide bonds. The van der Waals surface area contributed by atoms with Crippen molar-refractivity contribution in [2.75, 3.05) is 14.2 Å². The molecule has 0 unspecified atom stereocenters. The van der Waals surface area contributed by atoms with Crippen LogP contribution in [-0.4, -0.2) is 39.7 Å². The van der Waals surface area contributed by atoms with E-state index in [9.17, 15) is 18.1 Å². The van der Waals surface area contributed by atoms with Gasteiger partial charge < -0.3 is 14.2 Å². The van der Waals surface area contributed by atoms with E-state index in [2.05, 4.69) is 0 Å². The number of fused-ring (bicyclic) bond motifs is 1. The Kier molecular flexibility index (Phi) is 5.80. The summed E-state index contributed by atoms with van der Waals surface area (Å²) in [6, 6.07) is 11.6. The molecule has 9 heteroatoms. The van der Waals surface area contributed by atoms with Gasteiger partial charge in [0.15, 0.2) is 0 Å². The lowest BCUT2D eigenvalue weighted by molar-refractivity contribution is 0.0754. The van der Waals surface area contributed by atoms with E-state index >= 15 is 0 Å². The zero-order valence-corrected chi connectivity index (χ0v) is 15.2. The summed E-state index contributed by atoms with van der Waals surface area (Å²) in [5, 5.41) is 11.0. The molecule has 0 aliphatic heterocycles. The summed E-state index contributed by atoms with van der Waals surface area (Å²) in [5.74, 6) is -1.68. The maximum atomic E-state index is 12.7. The summed E-state index contributed by atoms with van der Waals surface area (Å²) in [6.45, 7) is 1.24. The van der Waals surface area contributed by atoms with Crippen LogP contribution in [0.2, 0.25) is 0 Å². The molecule has 7 nitrogen and oxygen atoms in total. The van der Waals surface area contributed by atoms with Gasteiger partial charge in [0.25, 0.3) is 10.1 Å². The predicted molar refractivity (Wildman–Crippen MR) is 89.3 cm³/mol. The van der Waals surface area contributed by atoms with E-state index in [4.69, 9.17) is 13.2 Å². The molecule has 132 valence electrons. The number of aliphatic hydroxyl groups is 1. The van der Waals surface area contributed by atoms with Crippen LogP contribution in [0.3, 0.4) is 0 Å². The topological polar surface area (TPSA) is 99.1 Å². The van der Waals surface area contributed by atoms with E-state index in [0.29, 0.717) is 10.8 Å². The Hall–Kier alpha value is -1.28. The maximum absolute atomic E-state index is 12.7. The largest absolute Gasteiger partial charge is 0.390 e. The summed E-state index contributed by atoms with van der Waals surface area (Å²) in [7, 11) is -6.12. The lowest BCUT2D eigenvalue weighted by atomic mass is 10.1. The molecule has 2 atom stereocenters. The predicted octanol–water partition coefficient (Wildman–Crippen LogP) is 2.74. The first-order valence-electron chi connectivity index (χ1n) is 7.05. The monoisotopic (exact) mass is 374 g/mol. The normalized spacial score (nSPS) is 15.3. The SMILES string of the molecule is COP(=O)(OC)[C@H](OS(=O)(=O)c1cccc2ccccc12)[C@H](C)O. The molecule has 2 aromatic rings. The highest BCUT2D eigenvalue weighted by Crippen LogP contribution is 2.54. The van der Waals surface area contributed by atoms with Crippen molar-refractivity contribution in [1.29, 1.82) is 0 Å². The van der Waals surface area contributed by atoms with Gasteiger partial charge in [0, 0.05) is 19.6 Å². The molecular formula is C15H19O7PS. The lowest BCUT2D eigenvalue weighted by Crippen LogP contribution is -2.30. The molecule has 0 aromatic heterocycles. The fraction of sp³-hybridized carbons (Fsp3) is 0.333. The van der Waals surface area contributed by atoms with Crippen LogP contribution in [0.1, 0.15) is 6.92 Å². The molecule has 0 spiro atoms. The third-order valence-electron chi connectivity index (χ3n) is 3.48. The van der Waals surface area contributed by atoms with Crippen LogP contribution in [0.4, 0.5) is 0 Å². The van der Waals surface area contributed by atoms with Gasteiger partial charge >= 0.3 is 7.60 Å². The van der Waals surface area contributed by atoms with Crippen LogP contribution < -0.4 is 0 Å². The summed E-state index contributed by atoms with van der Waals surface area (Å²) in [6.07, 6.45) is -1.40. The van der Waals surface area contributed by atoms with Gasteiger partial charge in [0.2, 0.25) is 5.85 Å². The third-order valence-corrected chi connectivity index (χ3v) is 7.15. The van der Waals surface area contributed by atoms with Gasteiger partial charge in [-0.05, 0) is 18.4 Å². The minimum atomic E-state index is -4.33. The van der Waals surface area contributed by atoms with Gasteiger partial charge in [-0.3, -0.25) is 4.57 Å². The number of hydrogen-bond acceptors (Lipinski definition) is 7. The molecule has 0 saturated carbocycles. The van der Waals surface area contributed by atoms with Crippen LogP contribution in [-0.2, 0) is 27.9 Å². The van der Waals surface area contributed by atoms with Crippen LogP contribution in [0.25, 0.3) is 10.8 Å². The van der Waals surface area contributed by atoms with Gasteiger partial charge in [-0.15, -0.1) is 0 Å². The summed E-state index contributed by atoms with van der Waals surface area (Å²) in [4.78, 5) is -0.0926. The zero-order valence-electron chi connectivity index (χ0n) is 13.4. The van der Waals surface area contributed by atoms with Gasteiger partial charge in [-0.25, -0.2) is 4.18 Å². The van der Waals surface area contributed by atoms with Gasteiger partial charge in [-0.1, -0.05) is 36.4 Å². The van der Waals surface area contributed by atoms with Gasteiger partial charge in [-0.2, -0.15) is 8.42 Å². The molecular weight excluding hydrogens is 355 g/mol. The first-order valence-corrected chi connectivity index (χ1v) is 10.1. The van der Waals surface area contributed by atoms with Crippen molar-refractivity contribution in [3.63, 3.8) is 0 Å². The minimum Gasteiger partial charge on any atom is -0.390 e. The Morgan fingerprint density at radius 3 is 2.21 bits per heavy atom. The van der Waals surface area contributed by atoms with E-state index in [-0.39, 0.29) is 4.90 Å². The third kappa shape index (κ3) is 3.69. The lowest BCUT2D eigenvalue weighted by Gasteiger charge is -2.26. The minimum absolute atomic E-state index is 0.0926. The molecule has 1 N–H and O–H groups in total. The molecule has 0 saturated heterocycles. The van der Waals surface area contributed by atoms with E-state index in [1.165, 1.54) is 13.0 Å². The Morgan fingerprint density at radius 1 is 1.04 bits per heavy atom. The molecule has 0 fully saturated rings. The van der Waals surface area contributed by atoms with Crippen molar-refractivity contribution in [2.24, 2.45) is 0 Å².